The van der Waals surface area contributed by atoms with Crippen molar-refractivity contribution in [3.8, 4) is 5.75 Å². The van der Waals surface area contributed by atoms with Gasteiger partial charge in [-0.1, -0.05) is 6.42 Å². The van der Waals surface area contributed by atoms with Crippen LogP contribution >= 0.6 is 0 Å². The first-order valence-corrected chi connectivity index (χ1v) is 7.64. The summed E-state index contributed by atoms with van der Waals surface area (Å²) in [5, 5.41) is 11.6. The minimum absolute atomic E-state index is 0.00608. The Morgan fingerprint density at radius 1 is 1.28 bits per heavy atom. The lowest BCUT2D eigenvalue weighted by Crippen LogP contribution is -2.41. The van der Waals surface area contributed by atoms with Gasteiger partial charge in [0.1, 0.15) is 11.6 Å². The van der Waals surface area contributed by atoms with Crippen LogP contribution in [0.5, 0.6) is 5.75 Å². The lowest BCUT2D eigenvalue weighted by molar-refractivity contribution is -0.157. The van der Waals surface area contributed by atoms with Crippen LogP contribution in [-0.4, -0.2) is 29.8 Å². The Morgan fingerprint density at radius 2 is 1.96 bits per heavy atom. The third kappa shape index (κ3) is 5.07. The number of alkyl halides is 3. The topological polar surface area (TPSA) is 75.6 Å². The summed E-state index contributed by atoms with van der Waals surface area (Å²) in [6, 6.07) is 3.04. The highest BCUT2D eigenvalue weighted by Crippen LogP contribution is 2.44. The van der Waals surface area contributed by atoms with E-state index >= 15 is 0 Å². The molecule has 0 spiro atoms. The fourth-order valence-corrected chi connectivity index (χ4v) is 2.57. The number of anilines is 1. The highest BCUT2D eigenvalue weighted by molar-refractivity contribution is 5.95. The van der Waals surface area contributed by atoms with E-state index in [-0.39, 0.29) is 17.9 Å². The summed E-state index contributed by atoms with van der Waals surface area (Å²) in [6.07, 6.45) is -4.43. The first kappa shape index (κ1) is 19.0. The first-order valence-electron chi connectivity index (χ1n) is 7.64. The number of ether oxygens (including phenoxy) is 1. The predicted octanol–water partition coefficient (Wildman–Crippen LogP) is 3.74. The van der Waals surface area contributed by atoms with Crippen molar-refractivity contribution in [2.75, 3.05) is 11.9 Å². The number of nitrogens with one attached hydrogen (secondary N) is 1. The van der Waals surface area contributed by atoms with Crippen LogP contribution in [0, 0.1) is 11.2 Å². The lowest BCUT2D eigenvalue weighted by atomic mass is 9.66. The Bertz CT molecular complexity index is 656. The van der Waals surface area contributed by atoms with E-state index < -0.39 is 42.3 Å². The molecule has 0 atom stereocenters. The van der Waals surface area contributed by atoms with Crippen molar-refractivity contribution in [3.05, 3.63) is 24.0 Å². The van der Waals surface area contributed by atoms with E-state index in [9.17, 15) is 32.3 Å². The summed E-state index contributed by atoms with van der Waals surface area (Å²) in [7, 11) is 0. The largest absolute Gasteiger partial charge is 0.491 e. The normalized spacial score (nSPS) is 16.0. The van der Waals surface area contributed by atoms with Gasteiger partial charge in [0.2, 0.25) is 5.91 Å². The second kappa shape index (κ2) is 7.28. The Hall–Kier alpha value is -2.32. The number of hydrogen-bond donors (Lipinski definition) is 2. The minimum atomic E-state index is -4.42. The van der Waals surface area contributed by atoms with E-state index in [4.69, 9.17) is 4.74 Å². The van der Waals surface area contributed by atoms with Gasteiger partial charge in [-0.15, -0.1) is 0 Å². The second-order valence-corrected chi connectivity index (χ2v) is 6.02. The maximum Gasteiger partial charge on any atom is 0.392 e. The molecule has 1 fully saturated rings. The minimum Gasteiger partial charge on any atom is -0.491 e. The molecule has 9 heteroatoms. The van der Waals surface area contributed by atoms with E-state index in [2.05, 4.69) is 5.32 Å². The number of carboxylic acids is 1. The maximum atomic E-state index is 13.3. The molecule has 0 radical (unpaired) electrons. The van der Waals surface area contributed by atoms with Crippen molar-refractivity contribution in [1.29, 1.82) is 0 Å². The molecule has 1 aromatic rings. The van der Waals surface area contributed by atoms with Crippen molar-refractivity contribution < 1.29 is 37.0 Å². The van der Waals surface area contributed by atoms with Crippen LogP contribution in [-0.2, 0) is 9.59 Å². The Kier molecular flexibility index (Phi) is 5.54. The van der Waals surface area contributed by atoms with Gasteiger partial charge in [0, 0.05) is 12.5 Å². The molecule has 1 aromatic carbocycles. The van der Waals surface area contributed by atoms with Crippen LogP contribution in [0.25, 0.3) is 0 Å². The molecule has 0 bridgehead atoms. The number of hydrogen-bond acceptors (Lipinski definition) is 3. The molecule has 0 unspecified atom stereocenters. The smallest absolute Gasteiger partial charge is 0.392 e. The average Bonchev–Trinajstić information content (AvgIpc) is 2.44. The van der Waals surface area contributed by atoms with E-state index in [0.717, 1.165) is 18.2 Å². The Balaban J connectivity index is 2.03. The number of carbonyl (C=O) groups is 2. The van der Waals surface area contributed by atoms with Crippen LogP contribution in [0.1, 0.15) is 32.1 Å². The molecule has 2 rings (SSSR count). The van der Waals surface area contributed by atoms with Crippen molar-refractivity contribution in [3.63, 3.8) is 0 Å². The summed E-state index contributed by atoms with van der Waals surface area (Å²) in [5.41, 5.74) is -1.12. The van der Waals surface area contributed by atoms with E-state index in [1.54, 1.807) is 0 Å². The van der Waals surface area contributed by atoms with Crippen molar-refractivity contribution in [2.24, 2.45) is 5.41 Å². The van der Waals surface area contributed by atoms with Crippen LogP contribution in [0.4, 0.5) is 23.2 Å². The number of halogens is 4. The molecular formula is C16H17F4NO4. The van der Waals surface area contributed by atoms with Crippen LogP contribution in [0.3, 0.4) is 0 Å². The zero-order chi connectivity index (χ0) is 18.7. The first-order chi connectivity index (χ1) is 11.6. The summed E-state index contributed by atoms with van der Waals surface area (Å²) >= 11 is 0. The zero-order valence-electron chi connectivity index (χ0n) is 13.2. The number of carbonyl (C=O) groups excluding carboxylic acids is 1. The molecule has 138 valence electrons. The van der Waals surface area contributed by atoms with Gasteiger partial charge < -0.3 is 15.2 Å². The van der Waals surface area contributed by atoms with Crippen molar-refractivity contribution in [1.82, 2.24) is 0 Å². The average molecular weight is 363 g/mol. The molecule has 5 nitrogen and oxygen atoms in total. The molecule has 1 aliphatic rings. The number of amides is 1. The summed E-state index contributed by atoms with van der Waals surface area (Å²) in [4.78, 5) is 23.4. The predicted molar refractivity (Wildman–Crippen MR) is 79.7 cm³/mol. The third-order valence-corrected chi connectivity index (χ3v) is 4.12. The molecule has 0 heterocycles. The molecule has 0 saturated heterocycles. The van der Waals surface area contributed by atoms with E-state index in [1.807, 2.05) is 0 Å². The van der Waals surface area contributed by atoms with Crippen molar-refractivity contribution >= 4 is 17.6 Å². The number of aliphatic carboxylic acids is 1. The SMILES string of the molecule is O=C(CC1(C(=O)O)CCC1)Nc1ccc(F)cc1OCCC(F)(F)F. The molecular weight excluding hydrogens is 346 g/mol. The fraction of sp³-hybridized carbons (Fsp3) is 0.500. The lowest BCUT2D eigenvalue weighted by Gasteiger charge is -2.36. The summed E-state index contributed by atoms with van der Waals surface area (Å²) < 4.78 is 54.7. The summed E-state index contributed by atoms with van der Waals surface area (Å²) in [6.45, 7) is -0.727. The van der Waals surface area contributed by atoms with Crippen LogP contribution in [0.15, 0.2) is 18.2 Å². The van der Waals surface area contributed by atoms with Gasteiger partial charge in [-0.25, -0.2) is 4.39 Å². The molecule has 0 aliphatic heterocycles. The van der Waals surface area contributed by atoms with Gasteiger partial charge in [-0.3, -0.25) is 9.59 Å². The standard InChI is InChI=1S/C16H17F4NO4/c17-10-2-3-11(12(8-10)25-7-6-16(18,19)20)21-13(22)9-15(14(23)24)4-1-5-15/h2-3,8H,1,4-7,9H2,(H,21,22)(H,23,24). The fourth-order valence-electron chi connectivity index (χ4n) is 2.57. The van der Waals surface area contributed by atoms with Gasteiger partial charge in [-0.05, 0) is 25.0 Å². The molecule has 25 heavy (non-hydrogen) atoms. The quantitative estimate of drug-likeness (QED) is 0.724. The van der Waals surface area contributed by atoms with Gasteiger partial charge >= 0.3 is 12.1 Å². The highest BCUT2D eigenvalue weighted by atomic mass is 19.4. The van der Waals surface area contributed by atoms with Crippen LogP contribution < -0.4 is 10.1 Å². The second-order valence-electron chi connectivity index (χ2n) is 6.02. The number of benzene rings is 1. The zero-order valence-corrected chi connectivity index (χ0v) is 13.2. The van der Waals surface area contributed by atoms with Gasteiger partial charge in [0.15, 0.2) is 0 Å². The maximum absolute atomic E-state index is 13.3. The number of rotatable bonds is 7. The van der Waals surface area contributed by atoms with E-state index in [1.165, 1.54) is 0 Å². The van der Waals surface area contributed by atoms with Crippen molar-refractivity contribution in [2.45, 2.75) is 38.3 Å². The monoisotopic (exact) mass is 363 g/mol. The Labute approximate surface area is 141 Å². The molecule has 2 N–H and O–H groups in total. The van der Waals surface area contributed by atoms with E-state index in [0.29, 0.717) is 19.3 Å². The number of carboxylic acid groups (broad SMARTS) is 1. The van der Waals surface area contributed by atoms with Gasteiger partial charge in [0.25, 0.3) is 0 Å². The summed E-state index contributed by atoms with van der Waals surface area (Å²) in [5.74, 6) is -2.65. The highest BCUT2D eigenvalue weighted by Gasteiger charge is 2.45. The third-order valence-electron chi connectivity index (χ3n) is 4.12. The van der Waals surface area contributed by atoms with Gasteiger partial charge in [0.05, 0.1) is 24.1 Å². The molecule has 1 amide bonds. The van der Waals surface area contributed by atoms with Gasteiger partial charge in [-0.2, -0.15) is 13.2 Å². The van der Waals surface area contributed by atoms with Crippen LogP contribution in [0.2, 0.25) is 0 Å². The molecule has 1 saturated carbocycles. The molecule has 0 aromatic heterocycles. The Morgan fingerprint density at radius 3 is 2.48 bits per heavy atom. The molecule has 1 aliphatic carbocycles.